The van der Waals surface area contributed by atoms with Crippen LogP contribution in [-0.2, 0) is 6.42 Å². The molecule has 0 aliphatic heterocycles. The summed E-state index contributed by atoms with van der Waals surface area (Å²) < 4.78 is 19.9. The summed E-state index contributed by atoms with van der Waals surface area (Å²) in [6, 6.07) is 16.3. The molecule has 1 aromatic heterocycles. The molecule has 0 N–H and O–H groups in total. The molecule has 4 heteroatoms. The van der Waals surface area contributed by atoms with E-state index >= 15 is 0 Å². The van der Waals surface area contributed by atoms with Gasteiger partial charge in [0, 0.05) is 23.5 Å². The Morgan fingerprint density at radius 1 is 0.649 bits per heavy atom. The normalized spacial score (nSPS) is 12.0. The average molecular weight is 505 g/mol. The first-order valence-electron chi connectivity index (χ1n) is 14.5. The number of aryl methyl sites for hydroxylation is 1. The van der Waals surface area contributed by atoms with Crippen molar-refractivity contribution in [2.45, 2.75) is 103 Å². The molecule has 0 bridgehead atoms. The summed E-state index contributed by atoms with van der Waals surface area (Å²) in [5, 5.41) is 0. The van der Waals surface area contributed by atoms with E-state index < -0.39 is 6.17 Å². The van der Waals surface area contributed by atoms with Crippen molar-refractivity contribution in [2.75, 3.05) is 6.61 Å². The van der Waals surface area contributed by atoms with Gasteiger partial charge in [-0.25, -0.2) is 14.4 Å². The van der Waals surface area contributed by atoms with Crippen molar-refractivity contribution in [1.82, 2.24) is 9.97 Å². The first-order chi connectivity index (χ1) is 18.2. The molecule has 0 amide bonds. The standard InChI is InChI=1S/C33H45FN2O/c1-3-5-7-9-10-11-13-15-31(34)26-37-32-22-20-28(21-23-32)30-24-35-33(36-25-30)29-18-16-27(17-19-29)14-12-8-6-4-2/h16-25,31H,3-15,26H2,1-2H3. The number of hydrogen-bond donors (Lipinski definition) is 0. The molecule has 0 spiro atoms. The lowest BCUT2D eigenvalue weighted by Crippen LogP contribution is -2.12. The predicted molar refractivity (Wildman–Crippen MR) is 154 cm³/mol. The highest BCUT2D eigenvalue weighted by molar-refractivity contribution is 5.64. The molecule has 1 atom stereocenters. The van der Waals surface area contributed by atoms with Gasteiger partial charge in [-0.2, -0.15) is 0 Å². The number of rotatable bonds is 18. The van der Waals surface area contributed by atoms with E-state index in [1.54, 1.807) is 0 Å². The molecular formula is C33H45FN2O. The Kier molecular flexibility index (Phi) is 13.2. The summed E-state index contributed by atoms with van der Waals surface area (Å²) in [5.74, 6) is 1.43. The molecule has 200 valence electrons. The quantitative estimate of drug-likeness (QED) is 0.162. The second-order valence-electron chi connectivity index (χ2n) is 10.1. The third-order valence-corrected chi connectivity index (χ3v) is 6.92. The molecule has 1 heterocycles. The zero-order valence-electron chi connectivity index (χ0n) is 22.9. The summed E-state index contributed by atoms with van der Waals surface area (Å²) >= 11 is 0. The fourth-order valence-electron chi connectivity index (χ4n) is 4.54. The van der Waals surface area contributed by atoms with Crippen LogP contribution in [0, 0.1) is 0 Å². The molecule has 0 saturated heterocycles. The van der Waals surface area contributed by atoms with Crippen molar-refractivity contribution in [3.63, 3.8) is 0 Å². The summed E-state index contributed by atoms with van der Waals surface area (Å²) in [6.07, 6.45) is 18.1. The third kappa shape index (κ3) is 10.6. The maximum atomic E-state index is 14.2. The van der Waals surface area contributed by atoms with Crippen molar-refractivity contribution in [1.29, 1.82) is 0 Å². The van der Waals surface area contributed by atoms with Crippen LogP contribution in [0.5, 0.6) is 5.75 Å². The van der Waals surface area contributed by atoms with E-state index in [0.717, 1.165) is 41.8 Å². The van der Waals surface area contributed by atoms with Gasteiger partial charge in [-0.1, -0.05) is 114 Å². The zero-order chi connectivity index (χ0) is 26.1. The minimum atomic E-state index is -0.911. The third-order valence-electron chi connectivity index (χ3n) is 6.92. The fraction of sp³-hybridized carbons (Fsp3) is 0.515. The van der Waals surface area contributed by atoms with Crippen LogP contribution in [-0.4, -0.2) is 22.7 Å². The van der Waals surface area contributed by atoms with Crippen molar-refractivity contribution < 1.29 is 9.13 Å². The molecule has 0 aliphatic carbocycles. The lowest BCUT2D eigenvalue weighted by atomic mass is 10.0. The highest BCUT2D eigenvalue weighted by atomic mass is 19.1. The predicted octanol–water partition coefficient (Wildman–Crippen LogP) is 9.79. The van der Waals surface area contributed by atoms with Crippen molar-refractivity contribution in [2.24, 2.45) is 0 Å². The van der Waals surface area contributed by atoms with Gasteiger partial charge in [-0.3, -0.25) is 0 Å². The Morgan fingerprint density at radius 3 is 1.86 bits per heavy atom. The average Bonchev–Trinajstić information content (AvgIpc) is 2.94. The Balaban J connectivity index is 1.41. The first kappa shape index (κ1) is 28.8. The maximum Gasteiger partial charge on any atom is 0.159 e. The second kappa shape index (κ2) is 16.9. The number of alkyl halides is 1. The summed E-state index contributed by atoms with van der Waals surface area (Å²) in [4.78, 5) is 9.18. The monoisotopic (exact) mass is 504 g/mol. The van der Waals surface area contributed by atoms with Gasteiger partial charge < -0.3 is 4.74 Å². The number of unbranched alkanes of at least 4 members (excludes halogenated alkanes) is 9. The second-order valence-corrected chi connectivity index (χ2v) is 10.1. The van der Waals surface area contributed by atoms with Gasteiger partial charge in [0.05, 0.1) is 0 Å². The van der Waals surface area contributed by atoms with Gasteiger partial charge in [0.25, 0.3) is 0 Å². The van der Waals surface area contributed by atoms with E-state index in [-0.39, 0.29) is 6.61 Å². The number of aromatic nitrogens is 2. The highest BCUT2D eigenvalue weighted by Crippen LogP contribution is 2.24. The van der Waals surface area contributed by atoms with Crippen LogP contribution in [0.2, 0.25) is 0 Å². The van der Waals surface area contributed by atoms with Gasteiger partial charge >= 0.3 is 0 Å². The van der Waals surface area contributed by atoms with Crippen LogP contribution in [0.3, 0.4) is 0 Å². The molecular weight excluding hydrogens is 459 g/mol. The molecule has 1 unspecified atom stereocenters. The molecule has 2 aromatic carbocycles. The lowest BCUT2D eigenvalue weighted by molar-refractivity contribution is 0.184. The van der Waals surface area contributed by atoms with Gasteiger partial charge in [-0.05, 0) is 42.5 Å². The summed E-state index contributed by atoms with van der Waals surface area (Å²) in [5.41, 5.74) is 4.37. The number of ether oxygens (including phenoxy) is 1. The molecule has 0 radical (unpaired) electrons. The maximum absolute atomic E-state index is 14.2. The van der Waals surface area contributed by atoms with E-state index in [1.165, 1.54) is 63.4 Å². The molecule has 37 heavy (non-hydrogen) atoms. The van der Waals surface area contributed by atoms with Crippen LogP contribution in [0.4, 0.5) is 4.39 Å². The minimum absolute atomic E-state index is 0.116. The number of nitrogens with zero attached hydrogens (tertiary/aromatic N) is 2. The lowest BCUT2D eigenvalue weighted by Gasteiger charge is -2.11. The fourth-order valence-corrected chi connectivity index (χ4v) is 4.54. The first-order valence-corrected chi connectivity index (χ1v) is 14.5. The topological polar surface area (TPSA) is 35.0 Å². The van der Waals surface area contributed by atoms with E-state index in [0.29, 0.717) is 12.2 Å². The number of hydrogen-bond acceptors (Lipinski definition) is 3. The number of halogens is 1. The van der Waals surface area contributed by atoms with Crippen molar-refractivity contribution in [3.05, 3.63) is 66.5 Å². The Labute approximate surface area is 223 Å². The summed E-state index contributed by atoms with van der Waals surface area (Å²) in [6.45, 7) is 4.58. The Hall–Kier alpha value is -2.75. The van der Waals surface area contributed by atoms with Gasteiger partial charge in [-0.15, -0.1) is 0 Å². The Morgan fingerprint density at radius 2 is 1.22 bits per heavy atom. The van der Waals surface area contributed by atoms with Gasteiger partial charge in [0.15, 0.2) is 5.82 Å². The molecule has 3 nitrogen and oxygen atoms in total. The van der Waals surface area contributed by atoms with E-state index in [4.69, 9.17) is 4.74 Å². The molecule has 0 saturated carbocycles. The van der Waals surface area contributed by atoms with Crippen molar-refractivity contribution >= 4 is 0 Å². The van der Waals surface area contributed by atoms with E-state index in [1.807, 2.05) is 36.7 Å². The zero-order valence-corrected chi connectivity index (χ0v) is 22.9. The van der Waals surface area contributed by atoms with E-state index in [9.17, 15) is 4.39 Å². The van der Waals surface area contributed by atoms with Gasteiger partial charge in [0.2, 0.25) is 0 Å². The largest absolute Gasteiger partial charge is 0.491 e. The van der Waals surface area contributed by atoms with Crippen molar-refractivity contribution in [3.8, 4) is 28.3 Å². The summed E-state index contributed by atoms with van der Waals surface area (Å²) in [7, 11) is 0. The van der Waals surface area contributed by atoms with Gasteiger partial charge in [0.1, 0.15) is 18.5 Å². The highest BCUT2D eigenvalue weighted by Gasteiger charge is 2.08. The minimum Gasteiger partial charge on any atom is -0.491 e. The van der Waals surface area contributed by atoms with Crippen LogP contribution >= 0.6 is 0 Å². The molecule has 0 aliphatic rings. The SMILES string of the molecule is CCCCCCCCCC(F)COc1ccc(-c2cnc(-c3ccc(CCCCCC)cc3)nc2)cc1. The van der Waals surface area contributed by atoms with Crippen LogP contribution < -0.4 is 4.74 Å². The smallest absolute Gasteiger partial charge is 0.159 e. The molecule has 3 aromatic rings. The van der Waals surface area contributed by atoms with Crippen LogP contribution in [0.15, 0.2) is 60.9 Å². The Bertz CT molecular complexity index is 986. The van der Waals surface area contributed by atoms with E-state index in [2.05, 4.69) is 48.1 Å². The molecule has 0 fully saturated rings. The van der Waals surface area contributed by atoms with Crippen LogP contribution in [0.1, 0.15) is 96.5 Å². The van der Waals surface area contributed by atoms with Crippen LogP contribution in [0.25, 0.3) is 22.5 Å². The molecule has 3 rings (SSSR count). The number of benzene rings is 2.